The van der Waals surface area contributed by atoms with Crippen molar-refractivity contribution in [2.75, 3.05) is 0 Å². The van der Waals surface area contributed by atoms with E-state index in [1.165, 1.54) is 25.7 Å². The van der Waals surface area contributed by atoms with Gasteiger partial charge in [0.2, 0.25) is 0 Å². The highest BCUT2D eigenvalue weighted by Gasteiger charge is 2.07. The molecule has 0 saturated heterocycles. The maximum Gasteiger partial charge on any atom is -0.0103 e. The quantitative estimate of drug-likeness (QED) is 0.515. The van der Waals surface area contributed by atoms with Gasteiger partial charge in [-0.1, -0.05) is 0 Å². The second-order valence-electron chi connectivity index (χ2n) is 2.60. The van der Waals surface area contributed by atoms with Crippen LogP contribution in [0.5, 0.6) is 0 Å². The zero-order chi connectivity index (χ0) is 6.10. The summed E-state index contributed by atoms with van der Waals surface area (Å²) in [5, 5.41) is 1.70. The lowest BCUT2D eigenvalue weighted by Crippen LogP contribution is -1.96. The van der Waals surface area contributed by atoms with Crippen molar-refractivity contribution in [2.24, 2.45) is 0 Å². The summed E-state index contributed by atoms with van der Waals surface area (Å²) in [5.41, 5.74) is 1.54. The normalized spacial score (nSPS) is 18.2. The zero-order valence-electron chi connectivity index (χ0n) is 5.41. The molecule has 1 aliphatic carbocycles. The van der Waals surface area contributed by atoms with Crippen LogP contribution in [0.15, 0.2) is 5.80 Å². The molecule has 1 aromatic rings. The summed E-state index contributed by atoms with van der Waals surface area (Å²) in [6.45, 7) is 0. The van der Waals surface area contributed by atoms with E-state index in [1.807, 2.05) is 0 Å². The van der Waals surface area contributed by atoms with Crippen LogP contribution in [0.4, 0.5) is 0 Å². The van der Waals surface area contributed by atoms with Crippen molar-refractivity contribution in [1.82, 2.24) is 0 Å². The van der Waals surface area contributed by atoms with Crippen LogP contribution in [-0.4, -0.2) is 0 Å². The third-order valence-corrected chi connectivity index (χ3v) is 3.15. The molecule has 1 aliphatic rings. The molecule has 0 saturated carbocycles. The van der Waals surface area contributed by atoms with Gasteiger partial charge in [0, 0.05) is 0 Å². The van der Waals surface area contributed by atoms with E-state index in [9.17, 15) is 0 Å². The Morgan fingerprint density at radius 2 is 2.22 bits per heavy atom. The molecule has 47 valence electrons. The van der Waals surface area contributed by atoms with Gasteiger partial charge in [-0.05, 0) is 48.4 Å². The van der Waals surface area contributed by atoms with Crippen LogP contribution in [0.1, 0.15) is 23.7 Å². The Morgan fingerprint density at radius 3 is 3.11 bits per heavy atom. The summed E-state index contributed by atoms with van der Waals surface area (Å²) in [6, 6.07) is 3.33. The second-order valence-corrected chi connectivity index (χ2v) is 3.78. The fourth-order valence-electron chi connectivity index (χ4n) is 1.43. The van der Waals surface area contributed by atoms with Gasteiger partial charge < -0.3 is 0 Å². The zero-order valence-corrected chi connectivity index (χ0v) is 6.41. The highest BCUT2D eigenvalue weighted by Crippen LogP contribution is 2.28. The molecule has 0 nitrogen and oxygen atoms in total. The van der Waals surface area contributed by atoms with E-state index in [1.54, 1.807) is 10.9 Å². The van der Waals surface area contributed by atoms with Crippen LogP contribution in [-0.2, 0) is 12.8 Å². The van der Waals surface area contributed by atoms with Crippen molar-refractivity contribution >= 4 is 8.19 Å². The highest BCUT2D eigenvalue weighted by atomic mass is 31.0. The molecule has 1 heterocycles. The molecule has 0 bridgehead atoms. The summed E-state index contributed by atoms with van der Waals surface area (Å²) < 4.78 is 0. The third kappa shape index (κ3) is 0.923. The first-order chi connectivity index (χ1) is 4.47. The van der Waals surface area contributed by atoms with Crippen LogP contribution >= 0.6 is 8.19 Å². The molecule has 0 spiro atoms. The van der Waals surface area contributed by atoms with Gasteiger partial charge in [0.05, 0.1) is 0 Å². The first kappa shape index (κ1) is 5.56. The number of hydrogen-bond donors (Lipinski definition) is 0. The van der Waals surface area contributed by atoms with Gasteiger partial charge in [-0.2, -0.15) is 0 Å². The van der Waals surface area contributed by atoms with Gasteiger partial charge in [0.1, 0.15) is 0 Å². The second kappa shape index (κ2) is 2.19. The molecule has 0 aliphatic heterocycles. The molecular formula is C8H10P. The predicted octanol–water partition coefficient (Wildman–Crippen LogP) is 2.40. The molecule has 0 fully saturated rings. The molecule has 1 aromatic heterocycles. The van der Waals surface area contributed by atoms with Gasteiger partial charge in [-0.3, -0.25) is 0 Å². The van der Waals surface area contributed by atoms with E-state index in [4.69, 9.17) is 0 Å². The molecular weight excluding hydrogens is 127 g/mol. The van der Waals surface area contributed by atoms with E-state index in [0.717, 1.165) is 8.19 Å². The molecule has 1 unspecified atom stereocenters. The van der Waals surface area contributed by atoms with Crippen molar-refractivity contribution in [3.63, 3.8) is 0 Å². The predicted molar refractivity (Wildman–Crippen MR) is 41.4 cm³/mol. The van der Waals surface area contributed by atoms with Crippen LogP contribution < -0.4 is 0 Å². The smallest absolute Gasteiger partial charge is 0.0103 e. The number of hydrogen-bond acceptors (Lipinski definition) is 0. The molecule has 1 heteroatoms. The Hall–Kier alpha value is -0.220. The van der Waals surface area contributed by atoms with Gasteiger partial charge >= 0.3 is 0 Å². The lowest BCUT2D eigenvalue weighted by Gasteiger charge is -2.09. The molecule has 2 rings (SSSR count). The summed E-state index contributed by atoms with van der Waals surface area (Å²) >= 11 is 0. The maximum absolute atomic E-state index is 3.33. The molecule has 9 heavy (non-hydrogen) atoms. The van der Waals surface area contributed by atoms with E-state index < -0.39 is 0 Å². The van der Waals surface area contributed by atoms with Gasteiger partial charge in [0.25, 0.3) is 0 Å². The topological polar surface area (TPSA) is 0 Å². The van der Waals surface area contributed by atoms with Gasteiger partial charge in [0.15, 0.2) is 0 Å². The first-order valence-corrected chi connectivity index (χ1v) is 4.61. The molecule has 1 radical (unpaired) electrons. The van der Waals surface area contributed by atoms with Crippen molar-refractivity contribution in [1.29, 1.82) is 0 Å². The van der Waals surface area contributed by atoms with E-state index in [2.05, 4.69) is 11.9 Å². The molecule has 0 N–H and O–H groups in total. The SMILES string of the molecule is [c]1c[pH]c2c1CCCC2. The Bertz CT molecular complexity index is 180. The molecule has 0 aromatic carbocycles. The molecule has 1 atom stereocenters. The highest BCUT2D eigenvalue weighted by molar-refractivity contribution is 7.30. The lowest BCUT2D eigenvalue weighted by atomic mass is 10.00. The largest absolute Gasteiger partial charge is 0.136 e. The van der Waals surface area contributed by atoms with Crippen molar-refractivity contribution in [3.8, 4) is 0 Å². The average Bonchev–Trinajstić information content (AvgIpc) is 2.33. The van der Waals surface area contributed by atoms with E-state index in [0.29, 0.717) is 0 Å². The minimum Gasteiger partial charge on any atom is -0.136 e. The fourth-order valence-corrected chi connectivity index (χ4v) is 2.55. The average molecular weight is 137 g/mol. The lowest BCUT2D eigenvalue weighted by molar-refractivity contribution is 0.696. The van der Waals surface area contributed by atoms with Crippen LogP contribution in [0, 0.1) is 6.07 Å². The van der Waals surface area contributed by atoms with Crippen molar-refractivity contribution < 1.29 is 0 Å². The van der Waals surface area contributed by atoms with Crippen LogP contribution in [0.2, 0.25) is 0 Å². The Kier molecular flexibility index (Phi) is 1.35. The van der Waals surface area contributed by atoms with Gasteiger partial charge in [-0.25, -0.2) is 0 Å². The van der Waals surface area contributed by atoms with Crippen molar-refractivity contribution in [2.45, 2.75) is 25.7 Å². The minimum absolute atomic E-state index is 0.982. The first-order valence-electron chi connectivity index (χ1n) is 3.53. The Morgan fingerprint density at radius 1 is 1.33 bits per heavy atom. The monoisotopic (exact) mass is 137 g/mol. The summed E-state index contributed by atoms with van der Waals surface area (Å²) in [5.74, 6) is 2.20. The van der Waals surface area contributed by atoms with E-state index in [-0.39, 0.29) is 0 Å². The number of rotatable bonds is 0. The van der Waals surface area contributed by atoms with Gasteiger partial charge in [-0.15, -0.1) is 8.19 Å². The fraction of sp³-hybridized carbons (Fsp3) is 0.500. The maximum atomic E-state index is 3.33. The Labute approximate surface area is 57.4 Å². The Balaban J connectivity index is 2.39. The van der Waals surface area contributed by atoms with Crippen molar-refractivity contribution in [3.05, 3.63) is 22.7 Å². The van der Waals surface area contributed by atoms with E-state index >= 15 is 0 Å². The summed E-state index contributed by atoms with van der Waals surface area (Å²) in [4.78, 5) is 0. The summed E-state index contributed by atoms with van der Waals surface area (Å²) in [6.07, 6.45) is 5.47. The van der Waals surface area contributed by atoms with Crippen LogP contribution in [0.3, 0.4) is 0 Å². The third-order valence-electron chi connectivity index (χ3n) is 1.96. The minimum atomic E-state index is 0.982. The standard InChI is InChI=1S/C8H10P/c1-2-4-8-7(3-1)5-6-9-8/h6,9H,1-4H2. The number of fused-ring (bicyclic) bond motifs is 1. The van der Waals surface area contributed by atoms with Crippen LogP contribution in [0.25, 0.3) is 0 Å². The molecule has 0 amide bonds. The summed E-state index contributed by atoms with van der Waals surface area (Å²) in [7, 11) is 0.982. The number of aryl methyl sites for hydroxylation is 2.